The molecule has 0 spiro atoms. The second-order valence-electron chi connectivity index (χ2n) is 5.52. The summed E-state index contributed by atoms with van der Waals surface area (Å²) in [5.74, 6) is 1.10. The van der Waals surface area contributed by atoms with Crippen LogP contribution < -0.4 is 5.32 Å². The number of nitrogens with one attached hydrogen (secondary N) is 1. The lowest BCUT2D eigenvalue weighted by molar-refractivity contribution is 0.0807. The number of piperazine rings is 1. The highest BCUT2D eigenvalue weighted by molar-refractivity contribution is 5.00. The lowest BCUT2D eigenvalue weighted by Gasteiger charge is -2.46. The molecule has 2 rings (SSSR count). The Hall–Kier alpha value is -0.800. The Bertz CT molecular complexity index is 343. The largest absolute Gasteiger partial charge is 0.469 e. The van der Waals surface area contributed by atoms with Gasteiger partial charge in [-0.05, 0) is 31.9 Å². The topological polar surface area (TPSA) is 28.4 Å². The molecule has 0 amide bonds. The molecule has 2 heterocycles. The van der Waals surface area contributed by atoms with E-state index in [2.05, 4.69) is 37.1 Å². The molecule has 0 bridgehead atoms. The first-order valence-electron chi connectivity index (χ1n) is 7.20. The minimum Gasteiger partial charge on any atom is -0.469 e. The molecule has 1 aliphatic rings. The van der Waals surface area contributed by atoms with Crippen molar-refractivity contribution in [3.63, 3.8) is 0 Å². The third-order valence-electron chi connectivity index (χ3n) is 4.48. The summed E-state index contributed by atoms with van der Waals surface area (Å²) < 4.78 is 5.42. The molecular weight excluding hydrogens is 224 g/mol. The molecule has 0 aromatic carbocycles. The molecule has 1 aromatic rings. The molecular formula is C15H26N2O. The molecule has 0 aliphatic carbocycles. The van der Waals surface area contributed by atoms with Crippen LogP contribution in [0.5, 0.6) is 0 Å². The number of furan rings is 1. The fourth-order valence-electron chi connectivity index (χ4n) is 2.83. The Morgan fingerprint density at radius 1 is 1.44 bits per heavy atom. The van der Waals surface area contributed by atoms with Crippen LogP contribution in [-0.4, -0.2) is 36.1 Å². The van der Waals surface area contributed by atoms with Gasteiger partial charge in [0.25, 0.3) is 0 Å². The number of hydrogen-bond acceptors (Lipinski definition) is 3. The van der Waals surface area contributed by atoms with Crippen molar-refractivity contribution in [3.8, 4) is 0 Å². The quantitative estimate of drug-likeness (QED) is 0.871. The van der Waals surface area contributed by atoms with Crippen LogP contribution in [0.2, 0.25) is 0 Å². The Kier molecular flexibility index (Phi) is 4.46. The smallest absolute Gasteiger partial charge is 0.105 e. The van der Waals surface area contributed by atoms with Crippen LogP contribution in [-0.2, 0) is 6.42 Å². The van der Waals surface area contributed by atoms with Crippen LogP contribution in [0.25, 0.3) is 0 Å². The van der Waals surface area contributed by atoms with Crippen molar-refractivity contribution in [1.82, 2.24) is 10.2 Å². The first kappa shape index (κ1) is 13.6. The summed E-state index contributed by atoms with van der Waals surface area (Å²) in [5, 5.41) is 3.74. The summed E-state index contributed by atoms with van der Waals surface area (Å²) in [6.07, 6.45) is 5.18. The van der Waals surface area contributed by atoms with Gasteiger partial charge >= 0.3 is 0 Å². The van der Waals surface area contributed by atoms with Crippen molar-refractivity contribution in [2.75, 3.05) is 19.6 Å². The number of rotatable bonds is 5. The average Bonchev–Trinajstić information content (AvgIpc) is 2.91. The van der Waals surface area contributed by atoms with Crippen LogP contribution >= 0.6 is 0 Å². The van der Waals surface area contributed by atoms with Crippen LogP contribution in [0.4, 0.5) is 0 Å². The fraction of sp³-hybridized carbons (Fsp3) is 0.733. The molecule has 1 fully saturated rings. The zero-order valence-corrected chi connectivity index (χ0v) is 11.9. The summed E-state index contributed by atoms with van der Waals surface area (Å²) in [5.41, 5.74) is 0.315. The van der Waals surface area contributed by atoms with E-state index < -0.39 is 0 Å². The number of nitrogens with zero attached hydrogens (tertiary/aromatic N) is 1. The summed E-state index contributed by atoms with van der Waals surface area (Å²) >= 11 is 0. The molecule has 3 heteroatoms. The van der Waals surface area contributed by atoms with Gasteiger partial charge in [-0.2, -0.15) is 0 Å². The normalized spacial score (nSPS) is 24.3. The Morgan fingerprint density at radius 2 is 2.22 bits per heavy atom. The molecule has 0 saturated carbocycles. The Morgan fingerprint density at radius 3 is 2.83 bits per heavy atom. The van der Waals surface area contributed by atoms with Gasteiger partial charge in [-0.3, -0.25) is 4.90 Å². The van der Waals surface area contributed by atoms with Gasteiger partial charge in [-0.15, -0.1) is 0 Å². The number of hydrogen-bond donors (Lipinski definition) is 1. The summed E-state index contributed by atoms with van der Waals surface area (Å²) in [6, 6.07) is 4.66. The first-order chi connectivity index (χ1) is 8.69. The molecule has 1 N–H and O–H groups in total. The van der Waals surface area contributed by atoms with E-state index in [4.69, 9.17) is 4.42 Å². The highest BCUT2D eigenvalue weighted by Crippen LogP contribution is 2.22. The van der Waals surface area contributed by atoms with E-state index in [1.165, 1.54) is 12.8 Å². The maximum atomic E-state index is 5.42. The van der Waals surface area contributed by atoms with Crippen LogP contribution in [0, 0.1) is 0 Å². The van der Waals surface area contributed by atoms with Gasteiger partial charge < -0.3 is 9.73 Å². The van der Waals surface area contributed by atoms with Crippen molar-refractivity contribution in [1.29, 1.82) is 0 Å². The van der Waals surface area contributed by atoms with E-state index in [0.29, 0.717) is 11.6 Å². The van der Waals surface area contributed by atoms with E-state index in [0.717, 1.165) is 31.8 Å². The summed E-state index contributed by atoms with van der Waals surface area (Å²) in [4.78, 5) is 2.60. The lowest BCUT2D eigenvalue weighted by atomic mass is 9.88. The first-order valence-corrected chi connectivity index (χ1v) is 7.20. The molecule has 1 atom stereocenters. The predicted octanol–water partition coefficient (Wildman–Crippen LogP) is 2.67. The molecule has 1 unspecified atom stereocenters. The Labute approximate surface area is 111 Å². The van der Waals surface area contributed by atoms with Crippen molar-refractivity contribution in [2.45, 2.75) is 51.6 Å². The predicted molar refractivity (Wildman–Crippen MR) is 74.8 cm³/mol. The molecule has 3 nitrogen and oxygen atoms in total. The van der Waals surface area contributed by atoms with E-state index >= 15 is 0 Å². The van der Waals surface area contributed by atoms with E-state index in [1.54, 1.807) is 6.26 Å². The minimum absolute atomic E-state index is 0.315. The van der Waals surface area contributed by atoms with Crippen molar-refractivity contribution in [2.24, 2.45) is 0 Å². The van der Waals surface area contributed by atoms with Crippen molar-refractivity contribution >= 4 is 0 Å². The van der Waals surface area contributed by atoms with Crippen LogP contribution in [0.15, 0.2) is 22.8 Å². The summed E-state index contributed by atoms with van der Waals surface area (Å²) in [7, 11) is 0. The van der Waals surface area contributed by atoms with Gasteiger partial charge in [-0.1, -0.05) is 13.8 Å². The third-order valence-corrected chi connectivity index (χ3v) is 4.48. The zero-order valence-electron chi connectivity index (χ0n) is 11.9. The minimum atomic E-state index is 0.315. The monoisotopic (exact) mass is 250 g/mol. The van der Waals surface area contributed by atoms with Gasteiger partial charge in [0.15, 0.2) is 0 Å². The van der Waals surface area contributed by atoms with E-state index in [9.17, 15) is 0 Å². The second kappa shape index (κ2) is 5.89. The maximum absolute atomic E-state index is 5.42. The zero-order chi connectivity index (χ0) is 13.0. The average molecular weight is 250 g/mol. The summed E-state index contributed by atoms with van der Waals surface area (Å²) in [6.45, 7) is 10.2. The van der Waals surface area contributed by atoms with Crippen molar-refractivity contribution in [3.05, 3.63) is 24.2 Å². The van der Waals surface area contributed by atoms with Crippen LogP contribution in [0.1, 0.15) is 39.4 Å². The molecule has 102 valence electrons. The SMILES string of the molecule is CCC1(CC)CN(CCc2ccco2)C(C)CN1. The van der Waals surface area contributed by atoms with Gasteiger partial charge in [-0.25, -0.2) is 0 Å². The van der Waals surface area contributed by atoms with Gasteiger partial charge in [0, 0.05) is 37.6 Å². The van der Waals surface area contributed by atoms with Gasteiger partial charge in [0.1, 0.15) is 5.76 Å². The maximum Gasteiger partial charge on any atom is 0.105 e. The Balaban J connectivity index is 1.93. The van der Waals surface area contributed by atoms with Crippen molar-refractivity contribution < 1.29 is 4.42 Å². The van der Waals surface area contributed by atoms with Gasteiger partial charge in [0.2, 0.25) is 0 Å². The van der Waals surface area contributed by atoms with E-state index in [1.807, 2.05) is 6.07 Å². The standard InChI is InChI=1S/C15H26N2O/c1-4-15(5-2)12-17(13(3)11-16-15)9-8-14-7-6-10-18-14/h6-7,10,13,16H,4-5,8-9,11-12H2,1-3H3. The van der Waals surface area contributed by atoms with E-state index in [-0.39, 0.29) is 0 Å². The molecule has 0 radical (unpaired) electrons. The molecule has 18 heavy (non-hydrogen) atoms. The lowest BCUT2D eigenvalue weighted by Crippen LogP contribution is -2.63. The highest BCUT2D eigenvalue weighted by atomic mass is 16.3. The van der Waals surface area contributed by atoms with Crippen LogP contribution in [0.3, 0.4) is 0 Å². The molecule has 1 aromatic heterocycles. The third kappa shape index (κ3) is 2.96. The second-order valence-corrected chi connectivity index (χ2v) is 5.52. The fourth-order valence-corrected chi connectivity index (χ4v) is 2.83. The molecule has 1 aliphatic heterocycles. The highest BCUT2D eigenvalue weighted by Gasteiger charge is 2.34. The molecule has 1 saturated heterocycles. The van der Waals surface area contributed by atoms with Gasteiger partial charge in [0.05, 0.1) is 6.26 Å².